The highest BCUT2D eigenvalue weighted by atomic mass is 16.5. The minimum absolute atomic E-state index is 0.0676. The van der Waals surface area contributed by atoms with E-state index in [0.29, 0.717) is 19.5 Å². The second-order valence-corrected chi connectivity index (χ2v) is 9.78. The van der Waals surface area contributed by atoms with Gasteiger partial charge in [-0.1, -0.05) is 43.6 Å². The van der Waals surface area contributed by atoms with E-state index in [2.05, 4.69) is 0 Å². The molecule has 4 heterocycles. The van der Waals surface area contributed by atoms with Crippen LogP contribution < -0.4 is 0 Å². The van der Waals surface area contributed by atoms with Crippen molar-refractivity contribution in [3.63, 3.8) is 0 Å². The molecule has 1 spiro atoms. The predicted octanol–water partition coefficient (Wildman–Crippen LogP) is 0.709. The van der Waals surface area contributed by atoms with Crippen LogP contribution >= 0.6 is 0 Å². The van der Waals surface area contributed by atoms with Gasteiger partial charge < -0.3 is 24.5 Å². The van der Waals surface area contributed by atoms with Gasteiger partial charge in [0.15, 0.2) is 0 Å². The molecule has 0 aromatic carbocycles. The number of carbonyl (C=O) groups is 3. The lowest BCUT2D eigenvalue weighted by molar-refractivity contribution is -0.149. The Balaban J connectivity index is 1.57. The van der Waals surface area contributed by atoms with Gasteiger partial charge in [-0.15, -0.1) is 0 Å². The van der Waals surface area contributed by atoms with Crippen LogP contribution in [0.15, 0.2) is 24.3 Å². The normalized spacial score (nSPS) is 37.4. The van der Waals surface area contributed by atoms with Gasteiger partial charge in [0, 0.05) is 39.3 Å². The van der Waals surface area contributed by atoms with Crippen molar-refractivity contribution >= 4 is 17.7 Å². The van der Waals surface area contributed by atoms with Crippen LogP contribution in [0.1, 0.15) is 38.5 Å². The van der Waals surface area contributed by atoms with E-state index in [0.717, 1.165) is 25.7 Å². The van der Waals surface area contributed by atoms with E-state index in [1.807, 2.05) is 29.2 Å². The zero-order chi connectivity index (χ0) is 22.5. The molecule has 3 amide bonds. The molecule has 1 unspecified atom stereocenters. The first-order valence-electron chi connectivity index (χ1n) is 12.0. The molecule has 32 heavy (non-hydrogen) atoms. The average Bonchev–Trinajstić information content (AvgIpc) is 3.12. The molecule has 5 atom stereocenters. The summed E-state index contributed by atoms with van der Waals surface area (Å²) in [7, 11) is 1.74. The van der Waals surface area contributed by atoms with Crippen molar-refractivity contribution in [2.75, 3.05) is 33.3 Å². The molecule has 1 N–H and O–H groups in total. The van der Waals surface area contributed by atoms with E-state index in [1.165, 1.54) is 6.42 Å². The quantitative estimate of drug-likeness (QED) is 0.647. The van der Waals surface area contributed by atoms with Gasteiger partial charge >= 0.3 is 0 Å². The lowest BCUT2D eigenvalue weighted by atomic mass is 9.77. The molecular weight excluding hydrogens is 410 g/mol. The maximum atomic E-state index is 14.0. The van der Waals surface area contributed by atoms with E-state index < -0.39 is 29.6 Å². The van der Waals surface area contributed by atoms with Crippen LogP contribution in [0.3, 0.4) is 0 Å². The number of nitrogens with zero attached hydrogens (tertiary/aromatic N) is 3. The Kier molecular flexibility index (Phi) is 5.61. The van der Waals surface area contributed by atoms with Gasteiger partial charge in [-0.05, 0) is 19.3 Å². The lowest BCUT2D eigenvalue weighted by Crippen LogP contribution is -2.57. The van der Waals surface area contributed by atoms with Crippen molar-refractivity contribution in [1.82, 2.24) is 14.7 Å². The Morgan fingerprint density at radius 3 is 2.59 bits per heavy atom. The largest absolute Gasteiger partial charge is 0.396 e. The fraction of sp³-hybridized carbons (Fsp3) is 0.708. The Morgan fingerprint density at radius 2 is 1.84 bits per heavy atom. The summed E-state index contributed by atoms with van der Waals surface area (Å²) < 4.78 is 6.55. The number of likely N-dealkylation sites (tertiary alicyclic amines) is 1. The Morgan fingerprint density at radius 1 is 1.06 bits per heavy atom. The van der Waals surface area contributed by atoms with Crippen molar-refractivity contribution in [3.05, 3.63) is 24.3 Å². The van der Waals surface area contributed by atoms with Crippen molar-refractivity contribution in [2.24, 2.45) is 11.8 Å². The van der Waals surface area contributed by atoms with Gasteiger partial charge in [0.1, 0.15) is 11.6 Å². The third-order valence-corrected chi connectivity index (χ3v) is 7.96. The molecule has 4 aliphatic heterocycles. The van der Waals surface area contributed by atoms with Crippen molar-refractivity contribution in [3.8, 4) is 0 Å². The van der Waals surface area contributed by atoms with Gasteiger partial charge in [-0.3, -0.25) is 14.4 Å². The van der Waals surface area contributed by atoms with Crippen molar-refractivity contribution < 1.29 is 24.2 Å². The standard InChI is InChI=1S/C24H33N3O5/c1-25-12-5-10-17-18(21(25)29)19-22(30)27(14-7-15-28)20-23(31)26(16-8-3-2-4-9-16)13-6-11-24(19,20)32-17/h5-6,10-11,16-20,28H,2-4,7-9,12-15H2,1H3/t17-,18+,19-,20?,24-/m0/s1. The minimum Gasteiger partial charge on any atom is -0.396 e. The molecule has 8 heteroatoms. The Labute approximate surface area is 188 Å². The SMILES string of the molecule is CN1CC=C[C@@H]2O[C@]34C=CCN(C5CCCCC5)C(=O)C3N(CCCO)C(=O)[C@@H]4[C@@H]2C1=O. The molecule has 1 saturated carbocycles. The predicted molar refractivity (Wildman–Crippen MR) is 116 cm³/mol. The zero-order valence-electron chi connectivity index (χ0n) is 18.7. The van der Waals surface area contributed by atoms with E-state index in [4.69, 9.17) is 4.74 Å². The summed E-state index contributed by atoms with van der Waals surface area (Å²) in [5.41, 5.74) is -1.15. The maximum absolute atomic E-state index is 14.0. The molecule has 5 aliphatic rings. The highest BCUT2D eigenvalue weighted by Gasteiger charge is 2.71. The Hall–Kier alpha value is -2.19. The van der Waals surface area contributed by atoms with E-state index in [1.54, 1.807) is 16.8 Å². The average molecular weight is 444 g/mol. The maximum Gasteiger partial charge on any atom is 0.249 e. The molecule has 8 nitrogen and oxygen atoms in total. The number of hydrogen-bond donors (Lipinski definition) is 1. The van der Waals surface area contributed by atoms with Crippen LogP contribution in [0.2, 0.25) is 0 Å². The summed E-state index contributed by atoms with van der Waals surface area (Å²) in [5, 5.41) is 9.44. The van der Waals surface area contributed by atoms with E-state index >= 15 is 0 Å². The highest BCUT2D eigenvalue weighted by Crippen LogP contribution is 2.53. The zero-order valence-corrected chi connectivity index (χ0v) is 18.7. The first-order valence-corrected chi connectivity index (χ1v) is 12.0. The Bertz CT molecular complexity index is 851. The van der Waals surface area contributed by atoms with Crippen LogP contribution in [0.25, 0.3) is 0 Å². The number of likely N-dealkylation sites (N-methyl/N-ethyl adjacent to an activating group) is 1. The molecule has 2 saturated heterocycles. The summed E-state index contributed by atoms with van der Waals surface area (Å²) in [4.78, 5) is 46.2. The third kappa shape index (κ3) is 3.14. The second kappa shape index (κ2) is 8.30. The fourth-order valence-corrected chi connectivity index (χ4v) is 6.48. The lowest BCUT2D eigenvalue weighted by Gasteiger charge is -2.39. The molecule has 3 fully saturated rings. The van der Waals surface area contributed by atoms with Crippen molar-refractivity contribution in [2.45, 2.75) is 62.3 Å². The van der Waals surface area contributed by atoms with Gasteiger partial charge in [-0.25, -0.2) is 0 Å². The topological polar surface area (TPSA) is 90.4 Å². The molecule has 174 valence electrons. The smallest absolute Gasteiger partial charge is 0.249 e. The number of ether oxygens (including phenoxy) is 1. The van der Waals surface area contributed by atoms with Gasteiger partial charge in [0.2, 0.25) is 17.7 Å². The molecule has 5 rings (SSSR count). The third-order valence-electron chi connectivity index (χ3n) is 7.96. The number of carbonyl (C=O) groups excluding carboxylic acids is 3. The van der Waals surface area contributed by atoms with Crippen LogP contribution in [0, 0.1) is 11.8 Å². The summed E-state index contributed by atoms with van der Waals surface area (Å²) in [6.07, 6.45) is 12.9. The number of fused-ring (bicyclic) bond motifs is 2. The molecule has 0 bridgehead atoms. The highest BCUT2D eigenvalue weighted by molar-refractivity contribution is 5.99. The monoisotopic (exact) mass is 443 g/mol. The fourth-order valence-electron chi connectivity index (χ4n) is 6.48. The number of amides is 3. The molecule has 1 aliphatic carbocycles. The molecule has 0 aromatic rings. The molecule has 0 aromatic heterocycles. The first kappa shape index (κ1) is 21.6. The van der Waals surface area contributed by atoms with E-state index in [9.17, 15) is 19.5 Å². The van der Waals surface area contributed by atoms with Gasteiger partial charge in [0.05, 0.1) is 17.9 Å². The van der Waals surface area contributed by atoms with Crippen LogP contribution in [-0.4, -0.2) is 94.6 Å². The van der Waals surface area contributed by atoms with Crippen LogP contribution in [0.4, 0.5) is 0 Å². The first-order chi connectivity index (χ1) is 15.5. The summed E-state index contributed by atoms with van der Waals surface area (Å²) in [5.74, 6) is -1.80. The number of aliphatic hydroxyl groups is 1. The van der Waals surface area contributed by atoms with E-state index in [-0.39, 0.29) is 36.9 Å². The molecular formula is C24H33N3O5. The summed E-state index contributed by atoms with van der Waals surface area (Å²) >= 11 is 0. The minimum atomic E-state index is -1.15. The van der Waals surface area contributed by atoms with Crippen LogP contribution in [-0.2, 0) is 19.1 Å². The van der Waals surface area contributed by atoms with Crippen molar-refractivity contribution in [1.29, 1.82) is 0 Å². The van der Waals surface area contributed by atoms with Gasteiger partial charge in [0.25, 0.3) is 0 Å². The molecule has 0 radical (unpaired) electrons. The summed E-state index contributed by atoms with van der Waals surface area (Å²) in [6, 6.07) is -0.630. The second-order valence-electron chi connectivity index (χ2n) is 9.78. The van der Waals surface area contributed by atoms with Gasteiger partial charge in [-0.2, -0.15) is 0 Å². The number of aliphatic hydroxyl groups excluding tert-OH is 1. The van der Waals surface area contributed by atoms with Crippen LogP contribution in [0.5, 0.6) is 0 Å². The summed E-state index contributed by atoms with van der Waals surface area (Å²) in [6.45, 7) is 1.18. The number of hydrogen-bond acceptors (Lipinski definition) is 5. The number of rotatable bonds is 4.